The van der Waals surface area contributed by atoms with E-state index in [0.29, 0.717) is 11.5 Å². The highest BCUT2D eigenvalue weighted by Gasteiger charge is 2.45. The average Bonchev–Trinajstić information content (AvgIpc) is 3.70. The first-order valence-electron chi connectivity index (χ1n) is 14.4. The topological polar surface area (TPSA) is 67.1 Å². The van der Waals surface area contributed by atoms with Gasteiger partial charge in [0.2, 0.25) is 0 Å². The van der Waals surface area contributed by atoms with Gasteiger partial charge >= 0.3 is 0 Å². The number of hydrogen-bond acceptors (Lipinski definition) is 5. The predicted molar refractivity (Wildman–Crippen MR) is 139 cm³/mol. The van der Waals surface area contributed by atoms with Crippen LogP contribution in [0.2, 0.25) is 0 Å². The SMILES string of the molecule is c1c[nH]c(CN(Cc2ncc[nH]2)C2CCC(CN3CCC4(CCN(C5CCCCC5)C4)C3)CC2)n1. The molecule has 2 aromatic heterocycles. The van der Waals surface area contributed by atoms with Gasteiger partial charge in [-0.15, -0.1) is 0 Å². The number of rotatable bonds is 8. The fourth-order valence-electron chi connectivity index (χ4n) is 7.77. The lowest BCUT2D eigenvalue weighted by Gasteiger charge is -2.37. The number of nitrogens with one attached hydrogen (secondary N) is 2. The van der Waals surface area contributed by atoms with E-state index in [9.17, 15) is 0 Å². The van der Waals surface area contributed by atoms with Crippen LogP contribution in [0.25, 0.3) is 0 Å². The Bertz CT molecular complexity index is 846. The van der Waals surface area contributed by atoms with Crippen molar-refractivity contribution in [1.82, 2.24) is 34.6 Å². The molecule has 2 aliphatic carbocycles. The van der Waals surface area contributed by atoms with Crippen LogP contribution in [0, 0.1) is 11.3 Å². The zero-order chi connectivity index (χ0) is 23.5. The molecule has 0 amide bonds. The molecule has 7 heteroatoms. The van der Waals surface area contributed by atoms with Crippen molar-refractivity contribution in [3.8, 4) is 0 Å². The molecule has 2 saturated carbocycles. The third kappa shape index (κ3) is 5.67. The maximum Gasteiger partial charge on any atom is 0.120 e. The third-order valence-corrected chi connectivity index (χ3v) is 9.74. The van der Waals surface area contributed by atoms with E-state index in [2.05, 4.69) is 34.6 Å². The Labute approximate surface area is 211 Å². The first kappa shape index (κ1) is 23.7. The minimum absolute atomic E-state index is 0.609. The van der Waals surface area contributed by atoms with Crippen LogP contribution in [0.5, 0.6) is 0 Å². The molecule has 0 bridgehead atoms. The number of nitrogens with zero attached hydrogens (tertiary/aromatic N) is 5. The van der Waals surface area contributed by atoms with Crippen molar-refractivity contribution in [2.75, 3.05) is 32.7 Å². The molecule has 2 saturated heterocycles. The summed E-state index contributed by atoms with van der Waals surface area (Å²) in [6.07, 6.45) is 23.1. The van der Waals surface area contributed by atoms with Crippen LogP contribution in [-0.2, 0) is 13.1 Å². The van der Waals surface area contributed by atoms with Crippen LogP contribution < -0.4 is 0 Å². The van der Waals surface area contributed by atoms with Crippen molar-refractivity contribution in [1.29, 1.82) is 0 Å². The summed E-state index contributed by atoms with van der Waals surface area (Å²) in [5, 5.41) is 0. The smallest absolute Gasteiger partial charge is 0.120 e. The summed E-state index contributed by atoms with van der Waals surface area (Å²) in [5.41, 5.74) is 0.609. The molecule has 4 heterocycles. The molecule has 35 heavy (non-hydrogen) atoms. The fourth-order valence-corrected chi connectivity index (χ4v) is 7.77. The minimum atomic E-state index is 0.609. The maximum absolute atomic E-state index is 4.50. The Balaban J connectivity index is 0.987. The van der Waals surface area contributed by atoms with Crippen molar-refractivity contribution in [3.05, 3.63) is 36.4 Å². The van der Waals surface area contributed by atoms with E-state index in [1.807, 2.05) is 24.8 Å². The molecule has 1 atom stereocenters. The molecule has 0 radical (unpaired) electrons. The normalized spacial score (nSPS) is 31.2. The van der Waals surface area contributed by atoms with Gasteiger partial charge < -0.3 is 14.9 Å². The maximum atomic E-state index is 4.50. The van der Waals surface area contributed by atoms with Gasteiger partial charge in [-0.2, -0.15) is 0 Å². The van der Waals surface area contributed by atoms with Crippen LogP contribution in [0.4, 0.5) is 0 Å². The Kier molecular flexibility index (Phi) is 7.26. The monoisotopic (exact) mass is 479 g/mol. The summed E-state index contributed by atoms with van der Waals surface area (Å²) >= 11 is 0. The molecule has 192 valence electrons. The Morgan fingerprint density at radius 3 is 2.17 bits per heavy atom. The minimum Gasteiger partial charge on any atom is -0.348 e. The second-order valence-corrected chi connectivity index (χ2v) is 12.1. The standard InChI is InChI=1S/C28H45N7/c1-2-4-24(5-3-1)34-17-11-28(22-34)10-16-33(21-28)18-23-6-8-25(9-7-23)35(19-26-29-12-13-30-26)20-27-31-14-15-32-27/h12-15,23-25H,1-11,16-22H2,(H,29,30)(H,31,32). The van der Waals surface area contributed by atoms with E-state index in [1.165, 1.54) is 103 Å². The van der Waals surface area contributed by atoms with Crippen LogP contribution >= 0.6 is 0 Å². The van der Waals surface area contributed by atoms with Crippen LogP contribution in [-0.4, -0.2) is 79.4 Å². The highest BCUT2D eigenvalue weighted by molar-refractivity contribution is 5.00. The van der Waals surface area contributed by atoms with E-state index in [1.54, 1.807) is 0 Å². The summed E-state index contributed by atoms with van der Waals surface area (Å²) < 4.78 is 0. The Morgan fingerprint density at radius 1 is 0.829 bits per heavy atom. The first-order chi connectivity index (χ1) is 17.2. The van der Waals surface area contributed by atoms with Gasteiger partial charge in [0.15, 0.2) is 0 Å². The molecular formula is C28H45N7. The summed E-state index contributed by atoms with van der Waals surface area (Å²) in [4.78, 5) is 23.9. The van der Waals surface area contributed by atoms with Crippen LogP contribution in [0.15, 0.2) is 24.8 Å². The van der Waals surface area contributed by atoms with Gasteiger partial charge in [-0.25, -0.2) is 9.97 Å². The Hall–Kier alpha value is -1.70. The molecule has 1 spiro atoms. The summed E-state index contributed by atoms with van der Waals surface area (Å²) in [7, 11) is 0. The summed E-state index contributed by atoms with van der Waals surface area (Å²) in [5.74, 6) is 2.98. The number of H-pyrrole nitrogens is 2. The quantitative estimate of drug-likeness (QED) is 0.587. The largest absolute Gasteiger partial charge is 0.348 e. The van der Waals surface area contributed by atoms with Crippen LogP contribution in [0.1, 0.15) is 82.3 Å². The molecule has 0 aromatic carbocycles. The van der Waals surface area contributed by atoms with Gasteiger partial charge in [-0.1, -0.05) is 19.3 Å². The molecule has 2 aliphatic heterocycles. The van der Waals surface area contributed by atoms with Gasteiger partial charge in [0.05, 0.1) is 13.1 Å². The molecule has 2 aromatic rings. The summed E-state index contributed by atoms with van der Waals surface area (Å²) in [6.45, 7) is 8.51. The van der Waals surface area contributed by atoms with Crippen molar-refractivity contribution in [3.63, 3.8) is 0 Å². The second kappa shape index (κ2) is 10.7. The lowest BCUT2D eigenvalue weighted by molar-refractivity contribution is 0.103. The fraction of sp³-hybridized carbons (Fsp3) is 0.786. The number of likely N-dealkylation sites (tertiary alicyclic amines) is 2. The van der Waals surface area contributed by atoms with Gasteiger partial charge in [0, 0.05) is 56.5 Å². The molecule has 7 nitrogen and oxygen atoms in total. The zero-order valence-electron chi connectivity index (χ0n) is 21.5. The molecule has 1 unspecified atom stereocenters. The van der Waals surface area contributed by atoms with Gasteiger partial charge in [-0.3, -0.25) is 9.80 Å². The highest BCUT2D eigenvalue weighted by Crippen LogP contribution is 2.42. The molecular weight excluding hydrogens is 434 g/mol. The summed E-state index contributed by atoms with van der Waals surface area (Å²) in [6, 6.07) is 1.52. The first-order valence-corrected chi connectivity index (χ1v) is 14.4. The van der Waals surface area contributed by atoms with Crippen molar-refractivity contribution >= 4 is 0 Å². The molecule has 4 aliphatic rings. The van der Waals surface area contributed by atoms with Gasteiger partial charge in [0.1, 0.15) is 11.6 Å². The van der Waals surface area contributed by atoms with Crippen molar-refractivity contribution in [2.24, 2.45) is 11.3 Å². The van der Waals surface area contributed by atoms with E-state index in [4.69, 9.17) is 0 Å². The van der Waals surface area contributed by atoms with E-state index in [-0.39, 0.29) is 0 Å². The molecule has 2 N–H and O–H groups in total. The van der Waals surface area contributed by atoms with Gasteiger partial charge in [-0.05, 0) is 75.8 Å². The van der Waals surface area contributed by atoms with Gasteiger partial charge in [0.25, 0.3) is 0 Å². The number of hydrogen-bond donors (Lipinski definition) is 2. The number of aromatic amines is 2. The molecule has 4 fully saturated rings. The highest BCUT2D eigenvalue weighted by atomic mass is 15.2. The lowest BCUT2D eigenvalue weighted by atomic mass is 9.84. The third-order valence-electron chi connectivity index (χ3n) is 9.74. The van der Waals surface area contributed by atoms with E-state index < -0.39 is 0 Å². The zero-order valence-corrected chi connectivity index (χ0v) is 21.5. The van der Waals surface area contributed by atoms with Crippen molar-refractivity contribution in [2.45, 2.75) is 95.8 Å². The van der Waals surface area contributed by atoms with Crippen molar-refractivity contribution < 1.29 is 0 Å². The van der Waals surface area contributed by atoms with E-state index >= 15 is 0 Å². The predicted octanol–water partition coefficient (Wildman–Crippen LogP) is 4.42. The average molecular weight is 480 g/mol. The Morgan fingerprint density at radius 2 is 1.51 bits per heavy atom. The van der Waals surface area contributed by atoms with E-state index in [0.717, 1.165) is 36.7 Å². The van der Waals surface area contributed by atoms with Crippen LogP contribution in [0.3, 0.4) is 0 Å². The number of aromatic nitrogens is 4. The second-order valence-electron chi connectivity index (χ2n) is 12.1. The molecule has 6 rings (SSSR count). The number of imidazole rings is 2. The lowest BCUT2D eigenvalue weighted by Crippen LogP contribution is -2.40.